The fourth-order valence-corrected chi connectivity index (χ4v) is 2.61. The van der Waals surface area contributed by atoms with Gasteiger partial charge in [-0.05, 0) is 6.42 Å². The molecule has 11 heteroatoms. The molecule has 0 aromatic rings. The van der Waals surface area contributed by atoms with Gasteiger partial charge in [0.15, 0.2) is 0 Å². The van der Waals surface area contributed by atoms with Gasteiger partial charge in [0, 0.05) is 42.6 Å². The molecule has 5 N–H and O–H groups in total. The van der Waals surface area contributed by atoms with E-state index in [1.807, 2.05) is 0 Å². The average molecular weight is 430 g/mol. The van der Waals surface area contributed by atoms with E-state index in [4.69, 9.17) is 14.9 Å². The van der Waals surface area contributed by atoms with Gasteiger partial charge in [0.2, 0.25) is 0 Å². The number of rotatable bonds is 14. The molecule has 0 saturated carbocycles. The standard InChI is InChI=1S/C19H26O11/c1-14(23)29-10-11-30-17(28)4-7-18(5-2-15(24)25,6-3-16(26)27)19(12-21,13-22)8-9-20/h2-7,20-22H,8-13H2,1H3,(H,24,25)(H,26,27). The summed E-state index contributed by atoms with van der Waals surface area (Å²) in [7, 11) is 0. The maximum absolute atomic E-state index is 12.0. The molecule has 0 atom stereocenters. The minimum atomic E-state index is -1.80. The van der Waals surface area contributed by atoms with Crippen molar-refractivity contribution in [1.29, 1.82) is 0 Å². The summed E-state index contributed by atoms with van der Waals surface area (Å²) < 4.78 is 9.42. The van der Waals surface area contributed by atoms with Crippen LogP contribution in [0.4, 0.5) is 0 Å². The van der Waals surface area contributed by atoms with Crippen molar-refractivity contribution in [2.45, 2.75) is 13.3 Å². The Kier molecular flexibility index (Phi) is 11.9. The highest BCUT2D eigenvalue weighted by Crippen LogP contribution is 2.46. The van der Waals surface area contributed by atoms with E-state index in [2.05, 4.69) is 4.74 Å². The average Bonchev–Trinajstić information content (AvgIpc) is 2.69. The Labute approximate surface area is 172 Å². The third kappa shape index (κ3) is 8.55. The van der Waals surface area contributed by atoms with Gasteiger partial charge in [0.1, 0.15) is 13.2 Å². The van der Waals surface area contributed by atoms with Crippen LogP contribution in [0.5, 0.6) is 0 Å². The third-order valence-electron chi connectivity index (χ3n) is 4.25. The molecule has 0 aliphatic heterocycles. The first-order valence-electron chi connectivity index (χ1n) is 8.74. The normalized spacial score (nSPS) is 14.1. The fraction of sp³-hybridized carbons (Fsp3) is 0.474. The number of aliphatic hydroxyl groups excluding tert-OH is 3. The molecule has 168 valence electrons. The first-order valence-corrected chi connectivity index (χ1v) is 8.74. The van der Waals surface area contributed by atoms with Crippen LogP contribution in [-0.4, -0.2) is 82.4 Å². The zero-order valence-electron chi connectivity index (χ0n) is 16.4. The molecule has 0 spiro atoms. The second-order valence-corrected chi connectivity index (χ2v) is 6.19. The number of aliphatic hydroxyl groups is 3. The van der Waals surface area contributed by atoms with Gasteiger partial charge in [-0.3, -0.25) is 4.79 Å². The zero-order chi connectivity index (χ0) is 23.2. The predicted octanol–water partition coefficient (Wildman–Crippen LogP) is -0.730. The summed E-state index contributed by atoms with van der Waals surface area (Å²) in [6.07, 6.45) is 4.92. The van der Waals surface area contributed by atoms with E-state index in [9.17, 15) is 34.5 Å². The van der Waals surface area contributed by atoms with E-state index in [0.29, 0.717) is 12.2 Å². The lowest BCUT2D eigenvalue weighted by atomic mass is 9.61. The summed E-state index contributed by atoms with van der Waals surface area (Å²) in [4.78, 5) is 44.8. The number of hydrogen-bond donors (Lipinski definition) is 5. The first-order chi connectivity index (χ1) is 14.1. The number of hydrogen-bond acceptors (Lipinski definition) is 9. The van der Waals surface area contributed by atoms with Crippen LogP contribution in [0.1, 0.15) is 13.3 Å². The summed E-state index contributed by atoms with van der Waals surface area (Å²) >= 11 is 0. The van der Waals surface area contributed by atoms with E-state index < -0.39 is 54.5 Å². The van der Waals surface area contributed by atoms with Crippen LogP contribution in [0.25, 0.3) is 0 Å². The second-order valence-electron chi connectivity index (χ2n) is 6.19. The molecule has 0 bridgehead atoms. The molecule has 0 fully saturated rings. The molecule has 0 aliphatic rings. The van der Waals surface area contributed by atoms with Gasteiger partial charge in [-0.15, -0.1) is 0 Å². The topological polar surface area (TPSA) is 188 Å². The molecular weight excluding hydrogens is 404 g/mol. The molecule has 0 aromatic heterocycles. The molecule has 0 saturated heterocycles. The van der Waals surface area contributed by atoms with Crippen molar-refractivity contribution in [3.63, 3.8) is 0 Å². The largest absolute Gasteiger partial charge is 0.478 e. The number of ether oxygens (including phenoxy) is 2. The Balaban J connectivity index is 6.15. The Hall–Kier alpha value is -3.02. The number of aliphatic carboxylic acids is 2. The number of carboxylic acids is 2. The summed E-state index contributed by atoms with van der Waals surface area (Å²) in [5, 5.41) is 47.3. The van der Waals surface area contributed by atoms with Crippen molar-refractivity contribution in [3.8, 4) is 0 Å². The Morgan fingerprint density at radius 1 is 0.800 bits per heavy atom. The molecule has 0 heterocycles. The van der Waals surface area contributed by atoms with Crippen molar-refractivity contribution in [2.75, 3.05) is 33.0 Å². The Morgan fingerprint density at radius 3 is 1.67 bits per heavy atom. The minimum absolute atomic E-state index is 0.195. The lowest BCUT2D eigenvalue weighted by molar-refractivity contribution is -0.147. The highest BCUT2D eigenvalue weighted by molar-refractivity contribution is 5.83. The highest BCUT2D eigenvalue weighted by atomic mass is 16.6. The van der Waals surface area contributed by atoms with Gasteiger partial charge in [0.05, 0.1) is 13.2 Å². The smallest absolute Gasteiger partial charge is 0.330 e. The maximum atomic E-state index is 12.0. The van der Waals surface area contributed by atoms with E-state index in [-0.39, 0.29) is 19.6 Å². The molecule has 0 unspecified atom stereocenters. The van der Waals surface area contributed by atoms with Gasteiger partial charge in [-0.1, -0.05) is 18.2 Å². The lowest BCUT2D eigenvalue weighted by Crippen LogP contribution is -2.45. The third-order valence-corrected chi connectivity index (χ3v) is 4.25. The number of carboxylic acid groups (broad SMARTS) is 2. The van der Waals surface area contributed by atoms with E-state index in [1.165, 1.54) is 6.92 Å². The second kappa shape index (κ2) is 13.2. The zero-order valence-corrected chi connectivity index (χ0v) is 16.4. The first kappa shape index (κ1) is 27.0. The summed E-state index contributed by atoms with van der Waals surface area (Å²) in [6.45, 7) is -1.41. The Morgan fingerprint density at radius 2 is 1.27 bits per heavy atom. The molecule has 11 nitrogen and oxygen atoms in total. The van der Waals surface area contributed by atoms with Crippen LogP contribution in [0.15, 0.2) is 36.5 Å². The maximum Gasteiger partial charge on any atom is 0.330 e. The van der Waals surface area contributed by atoms with Crippen LogP contribution < -0.4 is 0 Å². The summed E-state index contributed by atoms with van der Waals surface area (Å²) in [5.41, 5.74) is -3.46. The van der Waals surface area contributed by atoms with Crippen LogP contribution in [0, 0.1) is 10.8 Å². The molecule has 0 aromatic carbocycles. The van der Waals surface area contributed by atoms with Gasteiger partial charge in [-0.2, -0.15) is 0 Å². The quantitative estimate of drug-likeness (QED) is 0.133. The monoisotopic (exact) mass is 430 g/mol. The molecule has 0 rings (SSSR count). The van der Waals surface area contributed by atoms with Crippen LogP contribution in [0.2, 0.25) is 0 Å². The van der Waals surface area contributed by atoms with Gasteiger partial charge in [0.25, 0.3) is 0 Å². The predicted molar refractivity (Wildman–Crippen MR) is 101 cm³/mol. The lowest BCUT2D eigenvalue weighted by Gasteiger charge is -2.43. The van der Waals surface area contributed by atoms with E-state index in [0.717, 1.165) is 24.3 Å². The molecular formula is C19H26O11. The molecule has 0 radical (unpaired) electrons. The van der Waals surface area contributed by atoms with E-state index in [1.54, 1.807) is 0 Å². The number of carbonyl (C=O) groups excluding carboxylic acids is 2. The van der Waals surface area contributed by atoms with E-state index >= 15 is 0 Å². The van der Waals surface area contributed by atoms with Gasteiger partial charge >= 0.3 is 23.9 Å². The fourth-order valence-electron chi connectivity index (χ4n) is 2.61. The SMILES string of the molecule is CC(=O)OCCOC(=O)C=CC(C=CC(=O)O)(C=CC(=O)O)C(CO)(CO)CCO. The molecule has 0 aliphatic carbocycles. The number of esters is 2. The van der Waals surface area contributed by atoms with Gasteiger partial charge in [-0.25, -0.2) is 14.4 Å². The van der Waals surface area contributed by atoms with Crippen LogP contribution in [-0.2, 0) is 28.7 Å². The van der Waals surface area contributed by atoms with Crippen molar-refractivity contribution in [3.05, 3.63) is 36.5 Å². The number of carbonyl (C=O) groups is 4. The highest BCUT2D eigenvalue weighted by Gasteiger charge is 2.46. The van der Waals surface area contributed by atoms with Crippen molar-refractivity contribution in [2.24, 2.45) is 10.8 Å². The molecule has 30 heavy (non-hydrogen) atoms. The Bertz CT molecular complexity index is 663. The van der Waals surface area contributed by atoms with Crippen molar-refractivity contribution >= 4 is 23.9 Å². The number of allylic oxidation sites excluding steroid dienone is 3. The van der Waals surface area contributed by atoms with Gasteiger partial charge < -0.3 is 35.0 Å². The van der Waals surface area contributed by atoms with Crippen molar-refractivity contribution < 1.29 is 54.2 Å². The summed E-state index contributed by atoms with van der Waals surface area (Å²) in [5.74, 6) is -4.32. The minimum Gasteiger partial charge on any atom is -0.478 e. The van der Waals surface area contributed by atoms with Crippen molar-refractivity contribution in [1.82, 2.24) is 0 Å². The van der Waals surface area contributed by atoms with Crippen LogP contribution >= 0.6 is 0 Å². The molecule has 0 amide bonds. The summed E-state index contributed by atoms with van der Waals surface area (Å²) in [6, 6.07) is 0. The van der Waals surface area contributed by atoms with Crippen LogP contribution in [0.3, 0.4) is 0 Å².